The van der Waals surface area contributed by atoms with Gasteiger partial charge in [0.15, 0.2) is 11.2 Å². The fraction of sp³-hybridized carbons (Fsp3) is 0.350. The third-order valence-corrected chi connectivity index (χ3v) is 5.81. The number of nitro benzene ring substituents is 1. The maximum absolute atomic E-state index is 13.1. The summed E-state index contributed by atoms with van der Waals surface area (Å²) >= 11 is 0. The zero-order chi connectivity index (χ0) is 24.0. The minimum atomic E-state index is -0.487. The van der Waals surface area contributed by atoms with Gasteiger partial charge in [-0.2, -0.15) is 4.98 Å². The first-order chi connectivity index (χ1) is 16.3. The van der Waals surface area contributed by atoms with Crippen LogP contribution in [0.3, 0.4) is 0 Å². The van der Waals surface area contributed by atoms with Gasteiger partial charge in [-0.25, -0.2) is 4.79 Å². The molecule has 0 spiro atoms. The molecular formula is C20H21N9O5. The highest BCUT2D eigenvalue weighted by Gasteiger charge is 2.25. The molecule has 176 valence electrons. The number of benzene rings is 1. The predicted octanol–water partition coefficient (Wildman–Crippen LogP) is -0.150. The molecule has 14 heteroatoms. The van der Waals surface area contributed by atoms with E-state index in [1.165, 1.54) is 35.9 Å². The van der Waals surface area contributed by atoms with E-state index in [-0.39, 0.29) is 35.2 Å². The molecule has 14 nitrogen and oxygen atoms in total. The third kappa shape index (κ3) is 3.53. The number of anilines is 1. The number of aryl methyl sites for hydroxylation is 1. The molecule has 0 unspecified atom stereocenters. The zero-order valence-corrected chi connectivity index (χ0v) is 18.5. The summed E-state index contributed by atoms with van der Waals surface area (Å²) < 4.78 is 9.88. The van der Waals surface area contributed by atoms with Crippen LogP contribution in [0.15, 0.2) is 38.3 Å². The molecular weight excluding hydrogens is 446 g/mol. The second-order valence-electron chi connectivity index (χ2n) is 7.92. The van der Waals surface area contributed by atoms with E-state index in [1.807, 2.05) is 4.90 Å². The topological polar surface area (TPSA) is 159 Å². The van der Waals surface area contributed by atoms with Crippen molar-refractivity contribution < 1.29 is 9.34 Å². The van der Waals surface area contributed by atoms with E-state index in [1.54, 1.807) is 11.6 Å². The monoisotopic (exact) mass is 467 g/mol. The Kier molecular flexibility index (Phi) is 5.20. The van der Waals surface area contributed by atoms with E-state index in [4.69, 9.17) is 4.42 Å². The van der Waals surface area contributed by atoms with Gasteiger partial charge >= 0.3 is 5.69 Å². The highest BCUT2D eigenvalue weighted by molar-refractivity contribution is 5.74. The number of imidazole rings is 1. The van der Waals surface area contributed by atoms with Crippen molar-refractivity contribution >= 4 is 22.8 Å². The number of aromatic nitrogens is 6. The van der Waals surface area contributed by atoms with Gasteiger partial charge in [0, 0.05) is 58.0 Å². The number of fused-ring (bicyclic) bond motifs is 1. The predicted molar refractivity (Wildman–Crippen MR) is 121 cm³/mol. The van der Waals surface area contributed by atoms with E-state index in [9.17, 15) is 19.7 Å². The van der Waals surface area contributed by atoms with Crippen molar-refractivity contribution in [2.45, 2.75) is 6.54 Å². The normalized spacial score (nSPS) is 14.1. The van der Waals surface area contributed by atoms with Crippen LogP contribution in [0.4, 0.5) is 11.6 Å². The minimum absolute atomic E-state index is 0.0458. The van der Waals surface area contributed by atoms with Crippen LogP contribution < -0.4 is 21.5 Å². The standard InChI is InChI=1S/C20H21N9O5/c1-25-16-15(18(30)26(2)20(25)31)28(19(22-16)27-9-7-21-8-10-27)11-14-23-24-17(34-14)12-3-5-13(6-4-12)29(32)33/h3-6,21H,7-11H2,1-2H3. The van der Waals surface area contributed by atoms with Crippen LogP contribution in [0.2, 0.25) is 0 Å². The first kappa shape index (κ1) is 21.5. The third-order valence-electron chi connectivity index (χ3n) is 5.81. The van der Waals surface area contributed by atoms with Crippen molar-refractivity contribution in [3.05, 3.63) is 61.1 Å². The van der Waals surface area contributed by atoms with Gasteiger partial charge in [-0.05, 0) is 12.1 Å². The maximum atomic E-state index is 13.1. The molecule has 34 heavy (non-hydrogen) atoms. The highest BCUT2D eigenvalue weighted by atomic mass is 16.6. The van der Waals surface area contributed by atoms with E-state index in [0.717, 1.165) is 17.7 Å². The molecule has 0 bridgehead atoms. The van der Waals surface area contributed by atoms with E-state index in [0.29, 0.717) is 24.6 Å². The van der Waals surface area contributed by atoms with Gasteiger partial charge in [0.25, 0.3) is 11.2 Å². The maximum Gasteiger partial charge on any atom is 0.332 e. The molecule has 1 fully saturated rings. The average Bonchev–Trinajstić information content (AvgIpc) is 3.47. The summed E-state index contributed by atoms with van der Waals surface area (Å²) in [6, 6.07) is 5.77. The van der Waals surface area contributed by atoms with Crippen molar-refractivity contribution in [3.8, 4) is 11.5 Å². The fourth-order valence-electron chi connectivity index (χ4n) is 3.99. The first-order valence-corrected chi connectivity index (χ1v) is 10.5. The minimum Gasteiger partial charge on any atom is -0.419 e. The molecule has 0 aliphatic carbocycles. The molecule has 1 N–H and O–H groups in total. The number of hydrogen-bond acceptors (Lipinski definition) is 10. The van der Waals surface area contributed by atoms with Crippen LogP contribution in [0, 0.1) is 10.1 Å². The van der Waals surface area contributed by atoms with Gasteiger partial charge in [-0.1, -0.05) is 0 Å². The molecule has 1 saturated heterocycles. The Morgan fingerprint density at radius 1 is 1.09 bits per heavy atom. The summed E-state index contributed by atoms with van der Waals surface area (Å²) in [5.41, 5.74) is 0.0790. The second-order valence-corrected chi connectivity index (χ2v) is 7.92. The summed E-state index contributed by atoms with van der Waals surface area (Å²) in [4.78, 5) is 42.6. The number of non-ortho nitro benzene ring substituents is 1. The molecule has 1 aliphatic rings. The zero-order valence-electron chi connectivity index (χ0n) is 18.5. The lowest BCUT2D eigenvalue weighted by Gasteiger charge is -2.28. The van der Waals surface area contributed by atoms with Crippen LogP contribution in [0.1, 0.15) is 5.89 Å². The van der Waals surface area contributed by atoms with Crippen LogP contribution in [-0.4, -0.2) is 60.0 Å². The molecule has 1 aromatic carbocycles. The lowest BCUT2D eigenvalue weighted by Crippen LogP contribution is -2.44. The number of nitrogens with one attached hydrogen (secondary N) is 1. The second kappa shape index (κ2) is 8.22. The Hall–Kier alpha value is -4.33. The molecule has 5 rings (SSSR count). The van der Waals surface area contributed by atoms with Gasteiger partial charge < -0.3 is 14.6 Å². The molecule has 0 saturated carbocycles. The molecule has 0 radical (unpaired) electrons. The number of piperazine rings is 1. The first-order valence-electron chi connectivity index (χ1n) is 10.5. The van der Waals surface area contributed by atoms with Gasteiger partial charge in [-0.3, -0.25) is 28.6 Å². The lowest BCUT2D eigenvalue weighted by atomic mass is 10.2. The summed E-state index contributed by atoms with van der Waals surface area (Å²) in [6.07, 6.45) is 0. The summed E-state index contributed by atoms with van der Waals surface area (Å²) in [5.74, 6) is 0.947. The van der Waals surface area contributed by atoms with Gasteiger partial charge in [0.1, 0.15) is 6.54 Å². The molecule has 4 heterocycles. The number of nitro groups is 1. The molecule has 0 amide bonds. The van der Waals surface area contributed by atoms with Gasteiger partial charge in [0.05, 0.1) is 4.92 Å². The number of rotatable bonds is 5. The summed E-state index contributed by atoms with van der Waals surface area (Å²) in [5, 5.41) is 22.3. The van der Waals surface area contributed by atoms with Crippen LogP contribution in [0.5, 0.6) is 0 Å². The fourth-order valence-corrected chi connectivity index (χ4v) is 3.99. The smallest absolute Gasteiger partial charge is 0.332 e. The van der Waals surface area contributed by atoms with Crippen molar-refractivity contribution in [2.75, 3.05) is 31.1 Å². The van der Waals surface area contributed by atoms with Crippen molar-refractivity contribution in [3.63, 3.8) is 0 Å². The van der Waals surface area contributed by atoms with Crippen LogP contribution >= 0.6 is 0 Å². The van der Waals surface area contributed by atoms with Crippen molar-refractivity contribution in [1.82, 2.24) is 34.2 Å². The molecule has 3 aromatic heterocycles. The average molecular weight is 467 g/mol. The molecule has 4 aromatic rings. The highest BCUT2D eigenvalue weighted by Crippen LogP contribution is 2.24. The lowest BCUT2D eigenvalue weighted by molar-refractivity contribution is -0.384. The van der Waals surface area contributed by atoms with Gasteiger partial charge in [0.2, 0.25) is 17.7 Å². The Bertz CT molecular complexity index is 1510. The van der Waals surface area contributed by atoms with Crippen LogP contribution in [-0.2, 0) is 20.6 Å². The van der Waals surface area contributed by atoms with E-state index >= 15 is 0 Å². The quantitative estimate of drug-likeness (QED) is 0.309. The SMILES string of the molecule is Cn1c(=O)c2c(nc(N3CCNCC3)n2Cc2nnc(-c3ccc([N+](=O)[O-])cc3)o2)n(C)c1=O. The Morgan fingerprint density at radius 3 is 2.47 bits per heavy atom. The van der Waals surface area contributed by atoms with E-state index < -0.39 is 16.2 Å². The van der Waals surface area contributed by atoms with Crippen molar-refractivity contribution in [2.24, 2.45) is 14.1 Å². The summed E-state index contributed by atoms with van der Waals surface area (Å²) in [6.45, 7) is 2.92. The van der Waals surface area contributed by atoms with E-state index in [2.05, 4.69) is 20.5 Å². The van der Waals surface area contributed by atoms with Crippen molar-refractivity contribution in [1.29, 1.82) is 0 Å². The number of nitrogens with zero attached hydrogens (tertiary/aromatic N) is 8. The van der Waals surface area contributed by atoms with Gasteiger partial charge in [-0.15, -0.1) is 10.2 Å². The molecule has 0 atom stereocenters. The Balaban J connectivity index is 1.59. The summed E-state index contributed by atoms with van der Waals surface area (Å²) in [7, 11) is 2.99. The largest absolute Gasteiger partial charge is 0.419 e. The van der Waals surface area contributed by atoms with Crippen LogP contribution in [0.25, 0.3) is 22.6 Å². The molecule has 1 aliphatic heterocycles. The number of hydrogen-bond donors (Lipinski definition) is 1. The Morgan fingerprint density at radius 2 is 1.79 bits per heavy atom. The Labute approximate surface area is 191 Å².